The zero-order valence-corrected chi connectivity index (χ0v) is 3.89. The normalized spacial score (nSPS) is 23.9. The maximum absolute atomic E-state index is 10.2. The van der Waals surface area contributed by atoms with Crippen molar-refractivity contribution in [3.05, 3.63) is 5.21 Å². The van der Waals surface area contributed by atoms with Gasteiger partial charge in [0.15, 0.2) is 0 Å². The third-order valence-electron chi connectivity index (χ3n) is 0.993. The molecular formula is C4H6NO2-. The van der Waals surface area contributed by atoms with E-state index in [1.165, 1.54) is 0 Å². The first kappa shape index (κ1) is 4.74. The van der Waals surface area contributed by atoms with E-state index in [9.17, 15) is 10.0 Å². The average molecular weight is 100 g/mol. The van der Waals surface area contributed by atoms with Crippen LogP contribution in [-0.4, -0.2) is 23.9 Å². The van der Waals surface area contributed by atoms with E-state index in [0.29, 0.717) is 13.0 Å². The van der Waals surface area contributed by atoms with Crippen molar-refractivity contribution in [2.75, 3.05) is 13.1 Å². The standard InChI is InChI=1S/C4H6NO2/c6-4-1-2-5(7)3-4/h1-3H2/q-1. The van der Waals surface area contributed by atoms with Crippen molar-refractivity contribution in [3.63, 3.8) is 0 Å². The van der Waals surface area contributed by atoms with E-state index >= 15 is 0 Å². The quantitative estimate of drug-likeness (QED) is 0.422. The summed E-state index contributed by atoms with van der Waals surface area (Å²) in [5.41, 5.74) is 0. The van der Waals surface area contributed by atoms with Gasteiger partial charge in [-0.1, -0.05) is 0 Å². The molecule has 1 heterocycles. The molecule has 3 heteroatoms. The number of carbonyl (C=O) groups is 1. The molecule has 0 N–H and O–H groups in total. The SMILES string of the molecule is O=C1CCN([O-])C1. The Labute approximate surface area is 41.5 Å². The van der Waals surface area contributed by atoms with E-state index in [4.69, 9.17) is 0 Å². The Morgan fingerprint density at radius 3 is 2.57 bits per heavy atom. The van der Waals surface area contributed by atoms with Gasteiger partial charge >= 0.3 is 0 Å². The second kappa shape index (κ2) is 1.60. The maximum Gasteiger partial charge on any atom is 0.147 e. The van der Waals surface area contributed by atoms with Crippen LogP contribution in [0.15, 0.2) is 0 Å². The van der Waals surface area contributed by atoms with Gasteiger partial charge in [-0.2, -0.15) is 0 Å². The first-order valence-corrected chi connectivity index (χ1v) is 2.23. The van der Waals surface area contributed by atoms with Crippen LogP contribution < -0.4 is 0 Å². The molecule has 0 aromatic carbocycles. The second-order valence-electron chi connectivity index (χ2n) is 1.65. The van der Waals surface area contributed by atoms with Crippen molar-refractivity contribution < 1.29 is 4.79 Å². The summed E-state index contributed by atoms with van der Waals surface area (Å²) in [6.45, 7) is 0.513. The van der Waals surface area contributed by atoms with E-state index in [-0.39, 0.29) is 12.3 Å². The lowest BCUT2D eigenvalue weighted by atomic mass is 10.4. The van der Waals surface area contributed by atoms with Gasteiger partial charge in [0.2, 0.25) is 0 Å². The molecule has 40 valence electrons. The van der Waals surface area contributed by atoms with Crippen LogP contribution in [0.25, 0.3) is 0 Å². The van der Waals surface area contributed by atoms with Crippen LogP contribution >= 0.6 is 0 Å². The predicted molar refractivity (Wildman–Crippen MR) is 24.6 cm³/mol. The summed E-state index contributed by atoms with van der Waals surface area (Å²) >= 11 is 0. The van der Waals surface area contributed by atoms with Crippen molar-refractivity contribution in [1.82, 2.24) is 5.06 Å². The molecule has 0 spiro atoms. The summed E-state index contributed by atoms with van der Waals surface area (Å²) in [4.78, 5) is 10.2. The summed E-state index contributed by atoms with van der Waals surface area (Å²) < 4.78 is 0. The summed E-state index contributed by atoms with van der Waals surface area (Å²) in [6, 6.07) is 0. The highest BCUT2D eigenvalue weighted by Gasteiger charge is 2.09. The van der Waals surface area contributed by atoms with Crippen LogP contribution in [0.1, 0.15) is 6.42 Å². The van der Waals surface area contributed by atoms with Crippen LogP contribution in [0.2, 0.25) is 0 Å². The van der Waals surface area contributed by atoms with Crippen LogP contribution in [0.5, 0.6) is 0 Å². The van der Waals surface area contributed by atoms with Crippen molar-refractivity contribution in [2.45, 2.75) is 6.42 Å². The fraction of sp³-hybridized carbons (Fsp3) is 0.750. The van der Waals surface area contributed by atoms with Crippen molar-refractivity contribution in [3.8, 4) is 0 Å². The molecule has 0 bridgehead atoms. The van der Waals surface area contributed by atoms with Gasteiger partial charge in [-0.05, 0) is 6.54 Å². The molecule has 0 unspecified atom stereocenters. The van der Waals surface area contributed by atoms with Gasteiger partial charge < -0.3 is 10.3 Å². The molecular weight excluding hydrogens is 94.0 g/mol. The molecule has 0 atom stereocenters. The maximum atomic E-state index is 10.2. The molecule has 0 radical (unpaired) electrons. The number of carbonyl (C=O) groups excluding carboxylic acids is 1. The first-order valence-electron chi connectivity index (χ1n) is 2.23. The molecule has 1 saturated heterocycles. The Kier molecular flexibility index (Phi) is 1.08. The van der Waals surface area contributed by atoms with Gasteiger partial charge in [-0.3, -0.25) is 4.79 Å². The lowest BCUT2D eigenvalue weighted by Gasteiger charge is -2.17. The van der Waals surface area contributed by atoms with Gasteiger partial charge in [0.1, 0.15) is 5.78 Å². The number of Topliss-reactive ketones (excluding diaryl/α,β-unsaturated/α-hetero) is 1. The van der Waals surface area contributed by atoms with Gasteiger partial charge in [-0.25, -0.2) is 0 Å². The summed E-state index contributed by atoms with van der Waals surface area (Å²) in [5.74, 6) is 0.0648. The van der Waals surface area contributed by atoms with Crippen molar-refractivity contribution in [2.24, 2.45) is 0 Å². The Bertz CT molecular complexity index is 91.7. The summed E-state index contributed by atoms with van der Waals surface area (Å²) in [6.07, 6.45) is 0.448. The van der Waals surface area contributed by atoms with E-state index in [1.807, 2.05) is 0 Å². The highest BCUT2D eigenvalue weighted by molar-refractivity contribution is 5.82. The van der Waals surface area contributed by atoms with Crippen LogP contribution in [0.3, 0.4) is 0 Å². The highest BCUT2D eigenvalue weighted by Crippen LogP contribution is 1.99. The average Bonchev–Trinajstić information content (AvgIpc) is 1.87. The Balaban J connectivity index is 2.40. The van der Waals surface area contributed by atoms with E-state index in [2.05, 4.69) is 0 Å². The van der Waals surface area contributed by atoms with Gasteiger partial charge in [0.25, 0.3) is 0 Å². The molecule has 1 aliphatic heterocycles. The number of nitrogens with zero attached hydrogens (tertiary/aromatic N) is 1. The number of ketones is 1. The Hall–Kier alpha value is -0.410. The third kappa shape index (κ3) is 0.976. The highest BCUT2D eigenvalue weighted by atomic mass is 16.5. The monoisotopic (exact) mass is 100 g/mol. The zero-order chi connectivity index (χ0) is 5.28. The lowest BCUT2D eigenvalue weighted by molar-refractivity contribution is -0.116. The van der Waals surface area contributed by atoms with Crippen molar-refractivity contribution in [1.29, 1.82) is 0 Å². The fourth-order valence-electron chi connectivity index (χ4n) is 0.604. The Morgan fingerprint density at radius 2 is 2.43 bits per heavy atom. The van der Waals surface area contributed by atoms with Crippen LogP contribution in [0, 0.1) is 5.21 Å². The summed E-state index contributed by atoms with van der Waals surface area (Å²) in [5, 5.41) is 10.9. The predicted octanol–water partition coefficient (Wildman–Crippen LogP) is -0.241. The minimum Gasteiger partial charge on any atom is -0.785 e. The van der Waals surface area contributed by atoms with E-state index in [1.54, 1.807) is 0 Å². The molecule has 0 saturated carbocycles. The molecule has 1 fully saturated rings. The second-order valence-corrected chi connectivity index (χ2v) is 1.65. The summed E-state index contributed by atoms with van der Waals surface area (Å²) in [7, 11) is 0. The molecule has 0 amide bonds. The molecule has 1 aliphatic rings. The number of hydroxylamine groups is 2. The van der Waals surface area contributed by atoms with E-state index < -0.39 is 0 Å². The largest absolute Gasteiger partial charge is 0.785 e. The molecule has 7 heavy (non-hydrogen) atoms. The van der Waals surface area contributed by atoms with Gasteiger partial charge in [-0.15, -0.1) is 0 Å². The molecule has 0 aliphatic carbocycles. The van der Waals surface area contributed by atoms with Gasteiger partial charge in [0, 0.05) is 13.0 Å². The fourth-order valence-corrected chi connectivity index (χ4v) is 0.604. The van der Waals surface area contributed by atoms with Crippen LogP contribution in [0.4, 0.5) is 0 Å². The van der Waals surface area contributed by atoms with Crippen molar-refractivity contribution >= 4 is 5.78 Å². The molecule has 0 aromatic heterocycles. The van der Waals surface area contributed by atoms with Crippen LogP contribution in [-0.2, 0) is 4.79 Å². The number of hydrogen-bond donors (Lipinski definition) is 0. The number of hydrogen-bond acceptors (Lipinski definition) is 3. The molecule has 1 rings (SSSR count). The lowest BCUT2D eigenvalue weighted by Crippen LogP contribution is -2.10. The van der Waals surface area contributed by atoms with E-state index in [0.717, 1.165) is 5.06 Å². The molecule has 3 nitrogen and oxygen atoms in total. The first-order chi connectivity index (χ1) is 3.29. The minimum absolute atomic E-state index is 0.0648. The minimum atomic E-state index is 0.0648. The van der Waals surface area contributed by atoms with Gasteiger partial charge in [0.05, 0.1) is 0 Å². The Morgan fingerprint density at radius 1 is 1.71 bits per heavy atom. The molecule has 0 aromatic rings. The number of rotatable bonds is 0. The smallest absolute Gasteiger partial charge is 0.147 e. The zero-order valence-electron chi connectivity index (χ0n) is 3.89. The third-order valence-corrected chi connectivity index (χ3v) is 0.993. The topological polar surface area (TPSA) is 43.4 Å².